The number of nitrogens with two attached hydrogens (primary N) is 1. The summed E-state index contributed by atoms with van der Waals surface area (Å²) in [7, 11) is -2.22. The zero-order valence-corrected chi connectivity index (χ0v) is 12.5. The lowest BCUT2D eigenvalue weighted by Gasteiger charge is -2.16. The molecule has 0 saturated carbocycles. The molecule has 0 amide bonds. The Hall–Kier alpha value is -1.34. The van der Waals surface area contributed by atoms with Crippen LogP contribution in [0.2, 0.25) is 5.02 Å². The van der Waals surface area contributed by atoms with Gasteiger partial charge in [-0.2, -0.15) is 4.31 Å². The van der Waals surface area contributed by atoms with Crippen molar-refractivity contribution in [2.75, 3.05) is 7.05 Å². The van der Waals surface area contributed by atoms with E-state index in [1.807, 2.05) is 0 Å². The van der Waals surface area contributed by atoms with Gasteiger partial charge in [0.05, 0.1) is 6.54 Å². The van der Waals surface area contributed by atoms with Gasteiger partial charge in [0.25, 0.3) is 10.0 Å². The van der Waals surface area contributed by atoms with Crippen LogP contribution >= 0.6 is 11.6 Å². The summed E-state index contributed by atoms with van der Waals surface area (Å²) in [5.74, 6) is 0.426. The minimum Gasteiger partial charge on any atom is -0.447 e. The van der Waals surface area contributed by atoms with Gasteiger partial charge in [0, 0.05) is 18.6 Å². The van der Waals surface area contributed by atoms with E-state index in [1.54, 1.807) is 30.3 Å². The van der Waals surface area contributed by atoms with E-state index in [0.717, 1.165) is 5.56 Å². The van der Waals surface area contributed by atoms with E-state index < -0.39 is 10.0 Å². The van der Waals surface area contributed by atoms with Gasteiger partial charge in [-0.25, -0.2) is 8.42 Å². The average Bonchev–Trinajstić information content (AvgIpc) is 2.90. The van der Waals surface area contributed by atoms with E-state index >= 15 is 0 Å². The first-order valence-corrected chi connectivity index (χ1v) is 7.75. The molecule has 0 aliphatic heterocycles. The fourth-order valence-corrected chi connectivity index (χ4v) is 2.98. The zero-order valence-electron chi connectivity index (χ0n) is 10.9. The molecular weight excluding hydrogens is 300 g/mol. The smallest absolute Gasteiger partial charge is 0.276 e. The van der Waals surface area contributed by atoms with Crippen LogP contribution in [-0.2, 0) is 23.1 Å². The van der Waals surface area contributed by atoms with Crippen LogP contribution in [0.1, 0.15) is 11.3 Å². The molecule has 1 aromatic carbocycles. The normalized spacial score (nSPS) is 12.0. The van der Waals surface area contributed by atoms with Crippen molar-refractivity contribution in [2.45, 2.75) is 18.2 Å². The molecule has 5 nitrogen and oxygen atoms in total. The maximum Gasteiger partial charge on any atom is 0.276 e. The molecule has 0 atom stereocenters. The van der Waals surface area contributed by atoms with E-state index in [-0.39, 0.29) is 18.2 Å². The van der Waals surface area contributed by atoms with Crippen LogP contribution in [0.3, 0.4) is 0 Å². The van der Waals surface area contributed by atoms with E-state index in [1.165, 1.54) is 17.4 Å². The van der Waals surface area contributed by atoms with Gasteiger partial charge in [-0.05, 0) is 23.8 Å². The Morgan fingerprint density at radius 1 is 1.25 bits per heavy atom. The second kappa shape index (κ2) is 5.97. The van der Waals surface area contributed by atoms with Gasteiger partial charge in [-0.1, -0.05) is 29.8 Å². The second-order valence-corrected chi connectivity index (χ2v) is 6.66. The molecule has 2 N–H and O–H groups in total. The number of rotatable bonds is 5. The first-order chi connectivity index (χ1) is 9.45. The number of nitrogens with zero attached hydrogens (tertiary/aromatic N) is 1. The number of hydrogen-bond donors (Lipinski definition) is 1. The van der Waals surface area contributed by atoms with Crippen molar-refractivity contribution in [3.63, 3.8) is 0 Å². The second-order valence-electron chi connectivity index (χ2n) is 4.28. The Labute approximate surface area is 123 Å². The predicted octanol–water partition coefficient (Wildman–Crippen LogP) is 2.21. The molecule has 0 unspecified atom stereocenters. The van der Waals surface area contributed by atoms with Crippen molar-refractivity contribution in [2.24, 2.45) is 5.73 Å². The maximum atomic E-state index is 12.3. The maximum absolute atomic E-state index is 12.3. The van der Waals surface area contributed by atoms with E-state index in [0.29, 0.717) is 10.8 Å². The summed E-state index contributed by atoms with van der Waals surface area (Å²) < 4.78 is 31.0. The molecule has 0 aliphatic rings. The molecule has 0 radical (unpaired) electrons. The standard InChI is InChI=1S/C13H15ClN2O3S/c1-16(9-10-4-2-3-5-12(10)14)20(17,18)13-7-6-11(8-15)19-13/h2-7H,8-9,15H2,1H3. The molecule has 1 aromatic heterocycles. The third-order valence-electron chi connectivity index (χ3n) is 2.85. The van der Waals surface area contributed by atoms with Gasteiger partial charge < -0.3 is 10.2 Å². The minimum absolute atomic E-state index is 0.118. The Kier molecular flexibility index (Phi) is 4.49. The minimum atomic E-state index is -3.69. The van der Waals surface area contributed by atoms with Gasteiger partial charge in [0.15, 0.2) is 0 Å². The van der Waals surface area contributed by atoms with Crippen LogP contribution in [0, 0.1) is 0 Å². The van der Waals surface area contributed by atoms with Crippen LogP contribution in [0.5, 0.6) is 0 Å². The third kappa shape index (κ3) is 3.04. The largest absolute Gasteiger partial charge is 0.447 e. The molecule has 0 fully saturated rings. The quantitative estimate of drug-likeness (QED) is 0.918. The Morgan fingerprint density at radius 3 is 2.55 bits per heavy atom. The Morgan fingerprint density at radius 2 is 1.95 bits per heavy atom. The van der Waals surface area contributed by atoms with Crippen LogP contribution in [0.15, 0.2) is 45.9 Å². The fraction of sp³-hybridized carbons (Fsp3) is 0.231. The number of sulfonamides is 1. The van der Waals surface area contributed by atoms with Crippen molar-refractivity contribution >= 4 is 21.6 Å². The van der Waals surface area contributed by atoms with Crippen LogP contribution in [0.4, 0.5) is 0 Å². The highest BCUT2D eigenvalue weighted by atomic mass is 35.5. The number of furan rings is 1. The summed E-state index contributed by atoms with van der Waals surface area (Å²) in [4.78, 5) is 0. The number of benzene rings is 1. The van der Waals surface area contributed by atoms with E-state index in [9.17, 15) is 8.42 Å². The zero-order chi connectivity index (χ0) is 14.8. The monoisotopic (exact) mass is 314 g/mol. The highest BCUT2D eigenvalue weighted by Gasteiger charge is 2.25. The van der Waals surface area contributed by atoms with Crippen molar-refractivity contribution in [3.8, 4) is 0 Å². The van der Waals surface area contributed by atoms with Crippen LogP contribution < -0.4 is 5.73 Å². The summed E-state index contributed by atoms with van der Waals surface area (Å²) >= 11 is 6.03. The van der Waals surface area contributed by atoms with Gasteiger partial charge in [0.1, 0.15) is 5.76 Å². The topological polar surface area (TPSA) is 76.5 Å². The highest BCUT2D eigenvalue weighted by molar-refractivity contribution is 7.88. The highest BCUT2D eigenvalue weighted by Crippen LogP contribution is 2.22. The lowest BCUT2D eigenvalue weighted by molar-refractivity contribution is 0.387. The molecule has 0 aliphatic carbocycles. The molecule has 0 saturated heterocycles. The van der Waals surface area contributed by atoms with Gasteiger partial charge in [-0.15, -0.1) is 0 Å². The molecule has 0 spiro atoms. The molecule has 2 aromatic rings. The number of hydrogen-bond acceptors (Lipinski definition) is 4. The van der Waals surface area contributed by atoms with Crippen molar-refractivity contribution in [1.29, 1.82) is 0 Å². The van der Waals surface area contributed by atoms with Crippen LogP contribution in [-0.4, -0.2) is 19.8 Å². The molecule has 0 bridgehead atoms. The summed E-state index contributed by atoms with van der Waals surface area (Å²) in [5, 5.41) is 0.407. The first kappa shape index (κ1) is 15.1. The van der Waals surface area contributed by atoms with E-state index in [2.05, 4.69) is 0 Å². The molecule has 7 heteroatoms. The fourth-order valence-electron chi connectivity index (χ4n) is 1.71. The van der Waals surface area contributed by atoms with E-state index in [4.69, 9.17) is 21.8 Å². The van der Waals surface area contributed by atoms with Crippen molar-refractivity contribution < 1.29 is 12.8 Å². The summed E-state index contributed by atoms with van der Waals surface area (Å²) in [5.41, 5.74) is 6.13. The first-order valence-electron chi connectivity index (χ1n) is 5.93. The summed E-state index contributed by atoms with van der Waals surface area (Å²) in [6.45, 7) is 0.324. The Balaban J connectivity index is 2.23. The Bertz CT molecular complexity index is 697. The van der Waals surface area contributed by atoms with Crippen molar-refractivity contribution in [1.82, 2.24) is 4.31 Å². The van der Waals surface area contributed by atoms with Crippen molar-refractivity contribution in [3.05, 3.63) is 52.7 Å². The molecule has 20 heavy (non-hydrogen) atoms. The number of halogens is 1. The summed E-state index contributed by atoms with van der Waals surface area (Å²) in [6, 6.07) is 10.1. The lowest BCUT2D eigenvalue weighted by Crippen LogP contribution is -2.26. The molecule has 108 valence electrons. The molecule has 2 rings (SSSR count). The van der Waals surface area contributed by atoms with Gasteiger partial charge in [0.2, 0.25) is 5.09 Å². The van der Waals surface area contributed by atoms with Gasteiger partial charge >= 0.3 is 0 Å². The summed E-state index contributed by atoms with van der Waals surface area (Å²) in [6.07, 6.45) is 0. The molecule has 1 heterocycles. The van der Waals surface area contributed by atoms with Gasteiger partial charge in [-0.3, -0.25) is 0 Å². The third-order valence-corrected chi connectivity index (χ3v) is 4.90. The molecular formula is C13H15ClN2O3S. The lowest BCUT2D eigenvalue weighted by atomic mass is 10.2. The predicted molar refractivity (Wildman–Crippen MR) is 76.7 cm³/mol. The van der Waals surface area contributed by atoms with Crippen LogP contribution in [0.25, 0.3) is 0 Å². The average molecular weight is 315 g/mol. The SMILES string of the molecule is CN(Cc1ccccc1Cl)S(=O)(=O)c1ccc(CN)o1.